The van der Waals surface area contributed by atoms with Crippen LogP contribution < -0.4 is 0 Å². The van der Waals surface area contributed by atoms with Gasteiger partial charge in [-0.25, -0.2) is 18.0 Å². The molecule has 156 valence electrons. The summed E-state index contributed by atoms with van der Waals surface area (Å²) in [5.41, 5.74) is 1.00. The molecule has 29 heavy (non-hydrogen) atoms. The maximum absolute atomic E-state index is 12.6. The van der Waals surface area contributed by atoms with E-state index in [2.05, 4.69) is 9.88 Å². The minimum atomic E-state index is -3.44. The van der Waals surface area contributed by atoms with Crippen molar-refractivity contribution in [1.82, 2.24) is 14.2 Å². The van der Waals surface area contributed by atoms with Crippen LogP contribution >= 0.6 is 11.6 Å². The zero-order chi connectivity index (χ0) is 21.4. The van der Waals surface area contributed by atoms with Gasteiger partial charge >= 0.3 is 11.9 Å². The molecule has 0 radical (unpaired) electrons. The van der Waals surface area contributed by atoms with Crippen LogP contribution in [0.2, 0.25) is 5.02 Å². The Balaban J connectivity index is 0.000000438. The lowest BCUT2D eigenvalue weighted by Crippen LogP contribution is -2.48. The highest BCUT2D eigenvalue weighted by Crippen LogP contribution is 2.20. The molecular formula is C18H20ClN3O6S. The van der Waals surface area contributed by atoms with E-state index in [9.17, 15) is 8.42 Å². The molecule has 0 atom stereocenters. The predicted molar refractivity (Wildman–Crippen MR) is 105 cm³/mol. The van der Waals surface area contributed by atoms with E-state index in [4.69, 9.17) is 31.4 Å². The Labute approximate surface area is 173 Å². The van der Waals surface area contributed by atoms with Gasteiger partial charge in [0.05, 0.1) is 10.6 Å². The molecule has 0 spiro atoms. The number of hydrogen-bond donors (Lipinski definition) is 2. The predicted octanol–water partition coefficient (Wildman–Crippen LogP) is 1.40. The van der Waals surface area contributed by atoms with E-state index in [1.54, 1.807) is 30.5 Å². The monoisotopic (exact) mass is 441 g/mol. The Morgan fingerprint density at radius 2 is 1.55 bits per heavy atom. The Morgan fingerprint density at radius 3 is 2.03 bits per heavy atom. The Kier molecular flexibility index (Phi) is 8.09. The molecule has 3 rings (SSSR count). The molecule has 0 unspecified atom stereocenters. The SMILES string of the molecule is O=C(O)C(=O)O.O=S(=O)(c1ccc(Cl)cc1)N1CCN(Cc2ccccn2)CC1. The summed E-state index contributed by atoms with van der Waals surface area (Å²) in [4.78, 5) is 25.0. The van der Waals surface area contributed by atoms with Crippen LogP contribution in [0.25, 0.3) is 0 Å². The number of carbonyl (C=O) groups is 2. The molecule has 2 heterocycles. The van der Waals surface area contributed by atoms with Crippen molar-refractivity contribution in [2.45, 2.75) is 11.4 Å². The first-order valence-corrected chi connectivity index (χ1v) is 10.4. The van der Waals surface area contributed by atoms with Gasteiger partial charge < -0.3 is 10.2 Å². The Hall–Kier alpha value is -2.53. The lowest BCUT2D eigenvalue weighted by Gasteiger charge is -2.33. The number of hydrogen-bond acceptors (Lipinski definition) is 6. The van der Waals surface area contributed by atoms with Gasteiger partial charge in [0.15, 0.2) is 0 Å². The highest BCUT2D eigenvalue weighted by molar-refractivity contribution is 7.89. The number of pyridine rings is 1. The number of carboxylic acid groups (broad SMARTS) is 2. The molecule has 0 amide bonds. The van der Waals surface area contributed by atoms with E-state index in [1.165, 1.54) is 4.31 Å². The summed E-state index contributed by atoms with van der Waals surface area (Å²) in [5.74, 6) is -3.65. The summed E-state index contributed by atoms with van der Waals surface area (Å²) in [6, 6.07) is 12.1. The van der Waals surface area contributed by atoms with E-state index in [-0.39, 0.29) is 0 Å². The minimum Gasteiger partial charge on any atom is -0.473 e. The van der Waals surface area contributed by atoms with Crippen LogP contribution in [0.3, 0.4) is 0 Å². The number of halogens is 1. The quantitative estimate of drug-likeness (QED) is 0.681. The molecule has 1 aromatic carbocycles. The van der Waals surface area contributed by atoms with E-state index >= 15 is 0 Å². The number of nitrogens with zero attached hydrogens (tertiary/aromatic N) is 3. The van der Waals surface area contributed by atoms with Gasteiger partial charge in [0.25, 0.3) is 0 Å². The third-order valence-corrected chi connectivity index (χ3v) is 6.24. The van der Waals surface area contributed by atoms with Crippen molar-refractivity contribution in [3.05, 3.63) is 59.4 Å². The van der Waals surface area contributed by atoms with Gasteiger partial charge in [-0.05, 0) is 36.4 Å². The summed E-state index contributed by atoms with van der Waals surface area (Å²) in [6.45, 7) is 3.11. The van der Waals surface area contributed by atoms with Crippen LogP contribution in [0.15, 0.2) is 53.6 Å². The fourth-order valence-corrected chi connectivity index (χ4v) is 4.15. The van der Waals surface area contributed by atoms with E-state index < -0.39 is 22.0 Å². The second-order valence-electron chi connectivity index (χ2n) is 6.07. The maximum atomic E-state index is 12.6. The third kappa shape index (κ3) is 6.79. The van der Waals surface area contributed by atoms with E-state index in [0.29, 0.717) is 36.1 Å². The number of sulfonamides is 1. The summed E-state index contributed by atoms with van der Waals surface area (Å²) in [5, 5.41) is 15.3. The molecule has 1 aliphatic heterocycles. The van der Waals surface area contributed by atoms with Gasteiger partial charge in [-0.1, -0.05) is 17.7 Å². The molecule has 0 aliphatic carbocycles. The fraction of sp³-hybridized carbons (Fsp3) is 0.278. The fourth-order valence-electron chi connectivity index (χ4n) is 2.60. The number of piperazine rings is 1. The zero-order valence-corrected chi connectivity index (χ0v) is 16.9. The van der Waals surface area contributed by atoms with E-state index in [0.717, 1.165) is 12.2 Å². The van der Waals surface area contributed by atoms with Crippen molar-refractivity contribution in [1.29, 1.82) is 0 Å². The molecule has 1 saturated heterocycles. The second-order valence-corrected chi connectivity index (χ2v) is 8.44. The molecular weight excluding hydrogens is 422 g/mol. The minimum absolute atomic E-state index is 0.292. The average Bonchev–Trinajstić information content (AvgIpc) is 2.70. The standard InChI is InChI=1S/C16H18ClN3O2S.C2H2O4/c17-14-4-6-16(7-5-14)23(21,22)20-11-9-19(10-12-20)13-15-3-1-2-8-18-15;3-1(4)2(5)6/h1-8H,9-13H2;(H,3,4)(H,5,6). The first-order chi connectivity index (χ1) is 13.7. The molecule has 2 aromatic rings. The number of aromatic nitrogens is 1. The van der Waals surface area contributed by atoms with Crippen molar-refractivity contribution < 1.29 is 28.2 Å². The number of rotatable bonds is 4. The van der Waals surface area contributed by atoms with Crippen molar-refractivity contribution in [2.75, 3.05) is 26.2 Å². The van der Waals surface area contributed by atoms with Crippen LogP contribution in [0.5, 0.6) is 0 Å². The summed E-state index contributed by atoms with van der Waals surface area (Å²) in [6.07, 6.45) is 1.77. The van der Waals surface area contributed by atoms with Gasteiger partial charge in [0, 0.05) is 43.9 Å². The highest BCUT2D eigenvalue weighted by atomic mass is 35.5. The molecule has 11 heteroatoms. The van der Waals surface area contributed by atoms with Gasteiger partial charge in [0.1, 0.15) is 0 Å². The lowest BCUT2D eigenvalue weighted by atomic mass is 10.3. The van der Waals surface area contributed by atoms with Crippen LogP contribution in [0.4, 0.5) is 0 Å². The Morgan fingerprint density at radius 1 is 0.966 bits per heavy atom. The van der Waals surface area contributed by atoms with Crippen molar-refractivity contribution in [3.63, 3.8) is 0 Å². The van der Waals surface area contributed by atoms with E-state index in [1.807, 2.05) is 18.2 Å². The average molecular weight is 442 g/mol. The lowest BCUT2D eigenvalue weighted by molar-refractivity contribution is -0.159. The molecule has 1 aliphatic rings. The molecule has 1 fully saturated rings. The number of carboxylic acids is 2. The summed E-state index contributed by atoms with van der Waals surface area (Å²) in [7, 11) is -3.44. The first kappa shape index (κ1) is 22.8. The number of benzene rings is 1. The second kappa shape index (κ2) is 10.3. The highest BCUT2D eigenvalue weighted by Gasteiger charge is 2.28. The molecule has 1 aromatic heterocycles. The molecule has 9 nitrogen and oxygen atoms in total. The van der Waals surface area contributed by atoms with Crippen molar-refractivity contribution in [2.24, 2.45) is 0 Å². The van der Waals surface area contributed by atoms with Gasteiger partial charge in [-0.3, -0.25) is 9.88 Å². The van der Waals surface area contributed by atoms with Gasteiger partial charge in [-0.2, -0.15) is 4.31 Å². The van der Waals surface area contributed by atoms with Crippen LogP contribution in [-0.4, -0.2) is 70.9 Å². The van der Waals surface area contributed by atoms with Crippen molar-refractivity contribution in [3.8, 4) is 0 Å². The van der Waals surface area contributed by atoms with Gasteiger partial charge in [0.2, 0.25) is 10.0 Å². The van der Waals surface area contributed by atoms with Crippen LogP contribution in [0.1, 0.15) is 5.69 Å². The molecule has 2 N–H and O–H groups in total. The molecule has 0 bridgehead atoms. The first-order valence-electron chi connectivity index (χ1n) is 8.54. The van der Waals surface area contributed by atoms with Crippen molar-refractivity contribution >= 4 is 33.6 Å². The molecule has 0 saturated carbocycles. The summed E-state index contributed by atoms with van der Waals surface area (Å²) >= 11 is 5.82. The summed E-state index contributed by atoms with van der Waals surface area (Å²) < 4.78 is 26.8. The number of aliphatic carboxylic acids is 2. The third-order valence-electron chi connectivity index (χ3n) is 4.08. The zero-order valence-electron chi connectivity index (χ0n) is 15.3. The van der Waals surface area contributed by atoms with Crippen LogP contribution in [-0.2, 0) is 26.2 Å². The van der Waals surface area contributed by atoms with Crippen LogP contribution in [0, 0.1) is 0 Å². The topological polar surface area (TPSA) is 128 Å². The largest absolute Gasteiger partial charge is 0.473 e. The Bertz CT molecular complexity index is 918. The smallest absolute Gasteiger partial charge is 0.414 e. The van der Waals surface area contributed by atoms with Gasteiger partial charge in [-0.15, -0.1) is 0 Å². The maximum Gasteiger partial charge on any atom is 0.414 e. The normalized spacial score (nSPS) is 15.2.